The summed E-state index contributed by atoms with van der Waals surface area (Å²) in [5.41, 5.74) is 0. The van der Waals surface area contributed by atoms with Crippen LogP contribution in [0.3, 0.4) is 0 Å². The standard InChI is InChI=1S/C10H16O3Si/c1-14(2,3)13-7-5-4-6-8(7)9(6)10(11)12/h5-6,8-9H,4H2,1-3H3,(H,11,12)/t6-,8-,9+/m1/s1. The number of hydrogen-bond donors (Lipinski definition) is 1. The van der Waals surface area contributed by atoms with E-state index >= 15 is 0 Å². The molecule has 0 aliphatic heterocycles. The highest BCUT2D eigenvalue weighted by atomic mass is 28.4. The molecular formula is C10H16O3Si. The van der Waals surface area contributed by atoms with E-state index in [1.165, 1.54) is 0 Å². The van der Waals surface area contributed by atoms with Crippen LogP contribution in [0.25, 0.3) is 0 Å². The molecule has 0 heterocycles. The molecule has 0 aromatic carbocycles. The van der Waals surface area contributed by atoms with Crippen molar-refractivity contribution in [3.63, 3.8) is 0 Å². The van der Waals surface area contributed by atoms with Crippen LogP contribution in [0.5, 0.6) is 0 Å². The number of carbonyl (C=O) groups is 1. The van der Waals surface area contributed by atoms with Crippen molar-refractivity contribution < 1.29 is 14.3 Å². The molecule has 1 fully saturated rings. The molecule has 2 aliphatic rings. The maximum absolute atomic E-state index is 10.8. The van der Waals surface area contributed by atoms with Gasteiger partial charge in [0.2, 0.25) is 8.32 Å². The zero-order chi connectivity index (χ0) is 10.5. The average molecular weight is 212 g/mol. The van der Waals surface area contributed by atoms with Gasteiger partial charge in [0, 0.05) is 5.92 Å². The molecule has 2 aliphatic carbocycles. The molecule has 0 aromatic heterocycles. The minimum atomic E-state index is -1.56. The molecule has 14 heavy (non-hydrogen) atoms. The maximum Gasteiger partial charge on any atom is 0.307 e. The van der Waals surface area contributed by atoms with Crippen LogP contribution in [0.2, 0.25) is 19.6 Å². The van der Waals surface area contributed by atoms with Crippen LogP contribution in [0, 0.1) is 17.8 Å². The quantitative estimate of drug-likeness (QED) is 0.728. The van der Waals surface area contributed by atoms with Gasteiger partial charge in [0.05, 0.1) is 11.7 Å². The summed E-state index contributed by atoms with van der Waals surface area (Å²) in [4.78, 5) is 10.8. The van der Waals surface area contributed by atoms with Crippen LogP contribution >= 0.6 is 0 Å². The fourth-order valence-electron chi connectivity index (χ4n) is 2.24. The Hall–Kier alpha value is -0.773. The highest BCUT2D eigenvalue weighted by Gasteiger charge is 2.60. The molecule has 0 saturated heterocycles. The highest BCUT2D eigenvalue weighted by Crippen LogP contribution is 2.58. The van der Waals surface area contributed by atoms with Gasteiger partial charge in [0.1, 0.15) is 0 Å². The van der Waals surface area contributed by atoms with Gasteiger partial charge >= 0.3 is 5.97 Å². The third kappa shape index (κ3) is 1.58. The first-order valence-electron chi connectivity index (χ1n) is 5.02. The summed E-state index contributed by atoms with van der Waals surface area (Å²) in [7, 11) is -1.56. The minimum absolute atomic E-state index is 0.161. The topological polar surface area (TPSA) is 46.5 Å². The third-order valence-electron chi connectivity index (χ3n) is 2.80. The van der Waals surface area contributed by atoms with Gasteiger partial charge in [-0.05, 0) is 38.1 Å². The van der Waals surface area contributed by atoms with Crippen molar-refractivity contribution in [2.75, 3.05) is 0 Å². The maximum atomic E-state index is 10.8. The lowest BCUT2D eigenvalue weighted by Gasteiger charge is -2.21. The summed E-state index contributed by atoms with van der Waals surface area (Å²) in [6, 6.07) is 0. The Kier molecular flexibility index (Phi) is 1.99. The number of fused-ring (bicyclic) bond motifs is 1. The fourth-order valence-corrected chi connectivity index (χ4v) is 3.17. The van der Waals surface area contributed by atoms with Gasteiger partial charge in [0.25, 0.3) is 0 Å². The average Bonchev–Trinajstić information content (AvgIpc) is 2.60. The Labute approximate surface area is 84.9 Å². The van der Waals surface area contributed by atoms with E-state index in [0.717, 1.165) is 12.2 Å². The summed E-state index contributed by atoms with van der Waals surface area (Å²) in [6.45, 7) is 6.37. The summed E-state index contributed by atoms with van der Waals surface area (Å²) in [6.07, 6.45) is 2.97. The number of allylic oxidation sites excluding steroid dienone is 2. The van der Waals surface area contributed by atoms with Crippen LogP contribution < -0.4 is 0 Å². The summed E-state index contributed by atoms with van der Waals surface area (Å²) in [5, 5.41) is 8.90. The first-order valence-corrected chi connectivity index (χ1v) is 8.43. The van der Waals surface area contributed by atoms with Crippen molar-refractivity contribution in [1.82, 2.24) is 0 Å². The molecule has 0 radical (unpaired) electrons. The van der Waals surface area contributed by atoms with Crippen molar-refractivity contribution >= 4 is 14.3 Å². The lowest BCUT2D eigenvalue weighted by Crippen LogP contribution is -2.25. The van der Waals surface area contributed by atoms with E-state index in [0.29, 0.717) is 5.92 Å². The zero-order valence-corrected chi connectivity index (χ0v) is 9.78. The smallest absolute Gasteiger partial charge is 0.307 e. The summed E-state index contributed by atoms with van der Waals surface area (Å²) in [5.74, 6) is 0.663. The normalized spacial score (nSPS) is 34.8. The van der Waals surface area contributed by atoms with Crippen LogP contribution in [0.15, 0.2) is 11.8 Å². The number of carboxylic acid groups (broad SMARTS) is 1. The van der Waals surface area contributed by atoms with E-state index in [-0.39, 0.29) is 11.8 Å². The van der Waals surface area contributed by atoms with E-state index in [9.17, 15) is 4.79 Å². The van der Waals surface area contributed by atoms with Gasteiger partial charge in [-0.2, -0.15) is 0 Å². The van der Waals surface area contributed by atoms with Gasteiger partial charge in [-0.1, -0.05) is 0 Å². The van der Waals surface area contributed by atoms with E-state index in [1.807, 2.05) is 0 Å². The second-order valence-electron chi connectivity index (χ2n) is 5.11. The molecule has 78 valence electrons. The Morgan fingerprint density at radius 1 is 1.57 bits per heavy atom. The molecule has 0 bridgehead atoms. The van der Waals surface area contributed by atoms with Crippen LogP contribution in [0.4, 0.5) is 0 Å². The lowest BCUT2D eigenvalue weighted by atomic mass is 10.2. The van der Waals surface area contributed by atoms with E-state index < -0.39 is 14.3 Å². The fraction of sp³-hybridized carbons (Fsp3) is 0.700. The Morgan fingerprint density at radius 2 is 2.21 bits per heavy atom. The number of carboxylic acids is 1. The SMILES string of the molecule is C[Si](C)(C)OC1=CC[C@H]2[C@H](C(=O)O)[C@@H]12. The molecule has 1 saturated carbocycles. The largest absolute Gasteiger partial charge is 0.547 e. The monoisotopic (exact) mass is 212 g/mol. The molecule has 3 atom stereocenters. The van der Waals surface area contributed by atoms with Gasteiger partial charge in [-0.15, -0.1) is 0 Å². The third-order valence-corrected chi connectivity index (χ3v) is 3.65. The summed E-state index contributed by atoms with van der Waals surface area (Å²) >= 11 is 0. The lowest BCUT2D eigenvalue weighted by molar-refractivity contribution is -0.139. The van der Waals surface area contributed by atoms with Crippen molar-refractivity contribution in [3.8, 4) is 0 Å². The summed E-state index contributed by atoms with van der Waals surface area (Å²) < 4.78 is 5.87. The Morgan fingerprint density at radius 3 is 2.64 bits per heavy atom. The number of rotatable bonds is 3. The second kappa shape index (κ2) is 2.86. The van der Waals surface area contributed by atoms with E-state index in [4.69, 9.17) is 9.53 Å². The van der Waals surface area contributed by atoms with Gasteiger partial charge < -0.3 is 9.53 Å². The van der Waals surface area contributed by atoms with Crippen molar-refractivity contribution in [2.45, 2.75) is 26.1 Å². The number of aliphatic carboxylic acids is 1. The number of hydrogen-bond acceptors (Lipinski definition) is 2. The molecule has 4 heteroatoms. The molecule has 3 nitrogen and oxygen atoms in total. The predicted molar refractivity (Wildman–Crippen MR) is 55.2 cm³/mol. The molecule has 0 spiro atoms. The predicted octanol–water partition coefficient (Wildman–Crippen LogP) is 2.07. The Balaban J connectivity index is 2.01. The first kappa shape index (κ1) is 9.77. The van der Waals surface area contributed by atoms with E-state index in [2.05, 4.69) is 25.7 Å². The molecular weight excluding hydrogens is 196 g/mol. The van der Waals surface area contributed by atoms with Gasteiger partial charge in [-0.3, -0.25) is 4.79 Å². The van der Waals surface area contributed by atoms with Crippen molar-refractivity contribution in [3.05, 3.63) is 11.8 Å². The minimum Gasteiger partial charge on any atom is -0.547 e. The van der Waals surface area contributed by atoms with Crippen molar-refractivity contribution in [2.24, 2.45) is 17.8 Å². The zero-order valence-electron chi connectivity index (χ0n) is 8.78. The molecule has 0 amide bonds. The highest BCUT2D eigenvalue weighted by molar-refractivity contribution is 6.70. The van der Waals surface area contributed by atoms with Gasteiger partial charge in [0.15, 0.2) is 0 Å². The van der Waals surface area contributed by atoms with Crippen LogP contribution in [0.1, 0.15) is 6.42 Å². The Bertz CT molecular complexity index is 303. The first-order chi connectivity index (χ1) is 6.40. The second-order valence-corrected chi connectivity index (χ2v) is 9.54. The molecule has 0 aromatic rings. The van der Waals surface area contributed by atoms with Crippen LogP contribution in [-0.2, 0) is 9.22 Å². The molecule has 1 N–H and O–H groups in total. The van der Waals surface area contributed by atoms with Crippen molar-refractivity contribution in [1.29, 1.82) is 0 Å². The molecule has 2 rings (SSSR count). The van der Waals surface area contributed by atoms with Gasteiger partial charge in [-0.25, -0.2) is 0 Å². The molecule has 0 unspecified atom stereocenters. The van der Waals surface area contributed by atoms with Crippen LogP contribution in [-0.4, -0.2) is 19.4 Å². The van der Waals surface area contributed by atoms with E-state index in [1.54, 1.807) is 0 Å².